The van der Waals surface area contributed by atoms with Crippen LogP contribution in [0.25, 0.3) is 0 Å². The molecule has 0 N–H and O–H groups in total. The molecular formula is C35H34F3N3O2. The highest BCUT2D eigenvalue weighted by Gasteiger charge is 2.35. The number of rotatable bonds is 9. The Kier molecular flexibility index (Phi) is 9.36. The SMILES string of the molecule is Cc1cc(CCC(=O)C(c2ccccc2)N2CCC(N(C(=O)c3ccccc3)c3ccccn3)CC2)cc(C(F)(F)F)c1. The number of nitrogens with zero attached hydrogens (tertiary/aromatic N) is 3. The molecule has 1 fully saturated rings. The number of benzene rings is 3. The van der Waals surface area contributed by atoms with Crippen molar-refractivity contribution in [2.24, 2.45) is 0 Å². The van der Waals surface area contributed by atoms with Crippen LogP contribution in [-0.2, 0) is 17.4 Å². The predicted octanol–water partition coefficient (Wildman–Crippen LogP) is 7.46. The first-order valence-electron chi connectivity index (χ1n) is 14.5. The van der Waals surface area contributed by atoms with Crippen molar-refractivity contribution in [1.29, 1.82) is 0 Å². The van der Waals surface area contributed by atoms with Gasteiger partial charge in [0.25, 0.3) is 5.91 Å². The summed E-state index contributed by atoms with van der Waals surface area (Å²) in [6.45, 7) is 2.78. The number of anilines is 1. The smallest absolute Gasteiger partial charge is 0.298 e. The molecule has 1 aliphatic rings. The molecule has 1 amide bonds. The third-order valence-electron chi connectivity index (χ3n) is 7.91. The van der Waals surface area contributed by atoms with E-state index in [0.29, 0.717) is 48.4 Å². The number of likely N-dealkylation sites (tertiary alicyclic amines) is 1. The Labute approximate surface area is 250 Å². The van der Waals surface area contributed by atoms with Crippen LogP contribution in [0.15, 0.2) is 103 Å². The van der Waals surface area contributed by atoms with Gasteiger partial charge in [-0.1, -0.05) is 66.2 Å². The molecule has 0 bridgehead atoms. The fourth-order valence-corrected chi connectivity index (χ4v) is 5.89. The van der Waals surface area contributed by atoms with E-state index < -0.39 is 17.8 Å². The van der Waals surface area contributed by atoms with E-state index in [-0.39, 0.29) is 30.6 Å². The molecule has 4 aromatic rings. The molecule has 43 heavy (non-hydrogen) atoms. The Morgan fingerprint density at radius 2 is 1.56 bits per heavy atom. The Balaban J connectivity index is 1.33. The highest BCUT2D eigenvalue weighted by atomic mass is 19.4. The Morgan fingerprint density at radius 3 is 2.19 bits per heavy atom. The van der Waals surface area contributed by atoms with Crippen molar-refractivity contribution in [2.75, 3.05) is 18.0 Å². The molecule has 1 aromatic heterocycles. The van der Waals surface area contributed by atoms with Gasteiger partial charge in [0.15, 0.2) is 5.78 Å². The number of amides is 1. The topological polar surface area (TPSA) is 53.5 Å². The molecule has 1 unspecified atom stereocenters. The van der Waals surface area contributed by atoms with E-state index in [9.17, 15) is 22.8 Å². The van der Waals surface area contributed by atoms with Gasteiger partial charge in [-0.25, -0.2) is 4.98 Å². The van der Waals surface area contributed by atoms with Crippen LogP contribution < -0.4 is 4.90 Å². The van der Waals surface area contributed by atoms with Crippen molar-refractivity contribution in [3.8, 4) is 0 Å². The molecule has 0 spiro atoms. The minimum Gasteiger partial charge on any atom is -0.298 e. The van der Waals surface area contributed by atoms with Gasteiger partial charge in [-0.3, -0.25) is 19.4 Å². The minimum atomic E-state index is -4.44. The van der Waals surface area contributed by atoms with Crippen LogP contribution in [0, 0.1) is 6.92 Å². The van der Waals surface area contributed by atoms with Gasteiger partial charge in [0.1, 0.15) is 5.82 Å². The summed E-state index contributed by atoms with van der Waals surface area (Å²) >= 11 is 0. The number of ketones is 1. The van der Waals surface area contributed by atoms with Crippen LogP contribution in [0.5, 0.6) is 0 Å². The number of carbonyl (C=O) groups is 2. The van der Waals surface area contributed by atoms with Gasteiger partial charge in [-0.05, 0) is 73.7 Å². The second-order valence-corrected chi connectivity index (χ2v) is 11.0. The Hall–Kier alpha value is -4.30. The first kappa shape index (κ1) is 30.2. The molecule has 0 radical (unpaired) electrons. The summed E-state index contributed by atoms with van der Waals surface area (Å²) in [6.07, 6.45) is -1.15. The van der Waals surface area contributed by atoms with Crippen LogP contribution in [0.2, 0.25) is 0 Å². The maximum atomic E-state index is 13.8. The van der Waals surface area contributed by atoms with Gasteiger partial charge in [0.2, 0.25) is 0 Å². The number of aryl methyl sites for hydroxylation is 2. The van der Waals surface area contributed by atoms with Gasteiger partial charge in [-0.2, -0.15) is 13.2 Å². The molecule has 2 heterocycles. The first-order chi connectivity index (χ1) is 20.7. The maximum Gasteiger partial charge on any atom is 0.416 e. The highest BCUT2D eigenvalue weighted by molar-refractivity contribution is 6.06. The number of pyridine rings is 1. The second kappa shape index (κ2) is 13.3. The normalized spacial score (nSPS) is 15.2. The number of piperidine rings is 1. The average molecular weight is 586 g/mol. The fourth-order valence-electron chi connectivity index (χ4n) is 5.89. The largest absolute Gasteiger partial charge is 0.416 e. The number of carbonyl (C=O) groups excluding carboxylic acids is 2. The third-order valence-corrected chi connectivity index (χ3v) is 7.91. The molecular weight excluding hydrogens is 551 g/mol. The number of alkyl halides is 3. The zero-order chi connectivity index (χ0) is 30.4. The van der Waals surface area contributed by atoms with Crippen LogP contribution in [-0.4, -0.2) is 40.7 Å². The van der Waals surface area contributed by atoms with Gasteiger partial charge in [0, 0.05) is 37.3 Å². The fraction of sp³-hybridized carbons (Fsp3) is 0.286. The van der Waals surface area contributed by atoms with E-state index in [4.69, 9.17) is 0 Å². The zero-order valence-electron chi connectivity index (χ0n) is 24.0. The maximum absolute atomic E-state index is 13.8. The molecule has 1 aliphatic heterocycles. The number of halogens is 3. The lowest BCUT2D eigenvalue weighted by Crippen LogP contribution is -2.49. The average Bonchev–Trinajstić information content (AvgIpc) is 3.02. The lowest BCUT2D eigenvalue weighted by Gasteiger charge is -2.41. The number of hydrogen-bond donors (Lipinski definition) is 0. The highest BCUT2D eigenvalue weighted by Crippen LogP contribution is 2.33. The Bertz CT molecular complexity index is 1520. The third kappa shape index (κ3) is 7.38. The number of Topliss-reactive ketones (excluding diaryl/α,β-unsaturated/α-hetero) is 1. The summed E-state index contributed by atoms with van der Waals surface area (Å²) < 4.78 is 40.1. The van der Waals surface area contributed by atoms with Gasteiger partial charge >= 0.3 is 6.18 Å². The monoisotopic (exact) mass is 585 g/mol. The first-order valence-corrected chi connectivity index (χ1v) is 14.5. The molecule has 222 valence electrons. The van der Waals surface area contributed by atoms with Crippen molar-refractivity contribution in [3.05, 3.63) is 131 Å². The van der Waals surface area contributed by atoms with Gasteiger partial charge < -0.3 is 0 Å². The van der Waals surface area contributed by atoms with Crippen molar-refractivity contribution >= 4 is 17.5 Å². The van der Waals surface area contributed by atoms with Crippen LogP contribution >= 0.6 is 0 Å². The number of hydrogen-bond acceptors (Lipinski definition) is 4. The van der Waals surface area contributed by atoms with E-state index in [1.165, 1.54) is 0 Å². The minimum absolute atomic E-state index is 0.0401. The van der Waals surface area contributed by atoms with Gasteiger partial charge in [0.05, 0.1) is 11.6 Å². The van der Waals surface area contributed by atoms with Crippen molar-refractivity contribution < 1.29 is 22.8 Å². The van der Waals surface area contributed by atoms with Gasteiger partial charge in [-0.15, -0.1) is 0 Å². The standard InChI is InChI=1S/C35H34F3N3O2/c1-25-22-26(24-29(23-25)35(36,37)38)15-16-31(42)33(27-10-4-2-5-11-27)40-20-17-30(18-21-40)41(32-14-8-9-19-39-32)34(43)28-12-6-3-7-13-28/h2-14,19,22-24,30,33H,15-18,20-21H2,1H3. The lowest BCUT2D eigenvalue weighted by atomic mass is 9.92. The molecule has 0 saturated carbocycles. The summed E-state index contributed by atoms with van der Waals surface area (Å²) in [7, 11) is 0. The Morgan fingerprint density at radius 1 is 0.907 bits per heavy atom. The summed E-state index contributed by atoms with van der Waals surface area (Å²) in [5.41, 5.74) is 1.75. The van der Waals surface area contributed by atoms with E-state index in [1.807, 2.05) is 66.7 Å². The molecule has 0 aliphatic carbocycles. The molecule has 5 nitrogen and oxygen atoms in total. The predicted molar refractivity (Wildman–Crippen MR) is 161 cm³/mol. The van der Waals surface area contributed by atoms with E-state index >= 15 is 0 Å². The van der Waals surface area contributed by atoms with Crippen LogP contribution in [0.4, 0.5) is 19.0 Å². The quantitative estimate of drug-likeness (QED) is 0.205. The van der Waals surface area contributed by atoms with Crippen molar-refractivity contribution in [2.45, 2.75) is 50.9 Å². The molecule has 1 atom stereocenters. The molecule has 3 aromatic carbocycles. The number of aromatic nitrogens is 1. The summed E-state index contributed by atoms with van der Waals surface area (Å²) in [6, 6.07) is 27.5. The van der Waals surface area contributed by atoms with E-state index in [0.717, 1.165) is 17.7 Å². The van der Waals surface area contributed by atoms with Crippen LogP contribution in [0.1, 0.15) is 57.9 Å². The summed E-state index contributed by atoms with van der Waals surface area (Å²) in [4.78, 5) is 35.8. The van der Waals surface area contributed by atoms with E-state index in [1.54, 1.807) is 36.2 Å². The molecule has 1 saturated heterocycles. The summed E-state index contributed by atoms with van der Waals surface area (Å²) in [5, 5.41) is 0. The molecule has 5 rings (SSSR count). The van der Waals surface area contributed by atoms with Crippen molar-refractivity contribution in [1.82, 2.24) is 9.88 Å². The van der Waals surface area contributed by atoms with Crippen LogP contribution in [0.3, 0.4) is 0 Å². The lowest BCUT2D eigenvalue weighted by molar-refractivity contribution is -0.137. The molecule has 8 heteroatoms. The second-order valence-electron chi connectivity index (χ2n) is 11.0. The van der Waals surface area contributed by atoms with Crippen molar-refractivity contribution in [3.63, 3.8) is 0 Å². The summed E-state index contributed by atoms with van der Waals surface area (Å²) in [5.74, 6) is 0.424. The zero-order valence-corrected chi connectivity index (χ0v) is 24.0. The van der Waals surface area contributed by atoms with E-state index in [2.05, 4.69) is 9.88 Å².